The Hall–Kier alpha value is -1.95. The Morgan fingerprint density at radius 1 is 1.15 bits per heavy atom. The van der Waals surface area contributed by atoms with Crippen LogP contribution in [0.25, 0.3) is 0 Å². The van der Waals surface area contributed by atoms with Gasteiger partial charge in [-0.25, -0.2) is 0 Å². The van der Waals surface area contributed by atoms with Gasteiger partial charge in [0.15, 0.2) is 0 Å². The van der Waals surface area contributed by atoms with E-state index in [4.69, 9.17) is 10.5 Å². The molecule has 3 rings (SSSR count). The van der Waals surface area contributed by atoms with E-state index < -0.39 is 0 Å². The lowest BCUT2D eigenvalue weighted by Crippen LogP contribution is -2.46. The van der Waals surface area contributed by atoms with Crippen LogP contribution < -0.4 is 20.3 Å². The van der Waals surface area contributed by atoms with Gasteiger partial charge in [0.1, 0.15) is 16.6 Å². The number of methoxy groups -OCH3 is 1. The minimum atomic E-state index is 0.608. The third-order valence-corrected chi connectivity index (χ3v) is 4.40. The van der Waals surface area contributed by atoms with Gasteiger partial charge in [-0.1, -0.05) is 12.1 Å². The first-order valence-electron chi connectivity index (χ1n) is 6.63. The van der Waals surface area contributed by atoms with E-state index in [1.165, 1.54) is 17.2 Å². The molecule has 0 amide bonds. The van der Waals surface area contributed by atoms with Crippen LogP contribution >= 0.6 is 11.5 Å². The van der Waals surface area contributed by atoms with Crippen molar-refractivity contribution in [2.24, 2.45) is 0 Å². The monoisotopic (exact) mass is 290 g/mol. The van der Waals surface area contributed by atoms with Crippen molar-refractivity contribution in [2.45, 2.75) is 0 Å². The molecule has 0 saturated carbocycles. The van der Waals surface area contributed by atoms with Crippen molar-refractivity contribution >= 4 is 28.0 Å². The minimum Gasteiger partial charge on any atom is -0.495 e. The lowest BCUT2D eigenvalue weighted by Gasteiger charge is -2.36. The van der Waals surface area contributed by atoms with Gasteiger partial charge in [0, 0.05) is 32.2 Å². The number of hydrogen-bond acceptors (Lipinski definition) is 6. The Bertz CT molecular complexity index is 578. The molecule has 1 aliphatic rings. The molecule has 0 spiro atoms. The molecule has 0 atom stereocenters. The summed E-state index contributed by atoms with van der Waals surface area (Å²) in [5.74, 6) is 1.54. The summed E-state index contributed by atoms with van der Waals surface area (Å²) >= 11 is 1.47. The van der Waals surface area contributed by atoms with Crippen molar-refractivity contribution in [1.82, 2.24) is 4.37 Å². The summed E-state index contributed by atoms with van der Waals surface area (Å²) in [6, 6.07) is 10.1. The zero-order chi connectivity index (χ0) is 13.9. The molecular formula is C14H18N4OS. The SMILES string of the molecule is COc1ccccc1N1CCN(c2cc(N)ns2)CC1. The molecule has 0 bridgehead atoms. The van der Waals surface area contributed by atoms with Crippen molar-refractivity contribution in [2.75, 3.05) is 48.8 Å². The second kappa shape index (κ2) is 5.58. The minimum absolute atomic E-state index is 0.608. The molecule has 1 aliphatic heterocycles. The first-order chi connectivity index (χ1) is 9.78. The largest absolute Gasteiger partial charge is 0.495 e. The Morgan fingerprint density at radius 2 is 1.85 bits per heavy atom. The number of ether oxygens (including phenoxy) is 1. The van der Waals surface area contributed by atoms with Gasteiger partial charge >= 0.3 is 0 Å². The number of benzene rings is 1. The summed E-state index contributed by atoms with van der Waals surface area (Å²) in [5, 5.41) is 1.15. The highest BCUT2D eigenvalue weighted by Gasteiger charge is 2.20. The van der Waals surface area contributed by atoms with Gasteiger partial charge in [-0.3, -0.25) is 0 Å². The van der Waals surface area contributed by atoms with Gasteiger partial charge in [-0.2, -0.15) is 4.37 Å². The van der Waals surface area contributed by atoms with E-state index in [-0.39, 0.29) is 0 Å². The van der Waals surface area contributed by atoms with E-state index in [1.807, 2.05) is 24.3 Å². The molecule has 6 heteroatoms. The van der Waals surface area contributed by atoms with Gasteiger partial charge in [-0.05, 0) is 23.7 Å². The van der Waals surface area contributed by atoms with Crippen LogP contribution in [0.3, 0.4) is 0 Å². The highest BCUT2D eigenvalue weighted by atomic mass is 32.1. The van der Waals surface area contributed by atoms with Crippen LogP contribution in [0.1, 0.15) is 0 Å². The number of aromatic nitrogens is 1. The van der Waals surface area contributed by atoms with E-state index in [0.29, 0.717) is 5.82 Å². The predicted molar refractivity (Wildman–Crippen MR) is 83.9 cm³/mol. The summed E-state index contributed by atoms with van der Waals surface area (Å²) in [6.45, 7) is 3.88. The molecule has 1 aromatic heterocycles. The van der Waals surface area contributed by atoms with Crippen LogP contribution in [-0.2, 0) is 0 Å². The second-order valence-corrected chi connectivity index (χ2v) is 5.52. The number of piperazine rings is 1. The normalized spacial score (nSPS) is 15.4. The molecule has 2 N–H and O–H groups in total. The summed E-state index contributed by atoms with van der Waals surface area (Å²) in [5.41, 5.74) is 6.85. The number of nitrogen functional groups attached to an aromatic ring is 1. The zero-order valence-electron chi connectivity index (χ0n) is 11.5. The summed E-state index contributed by atoms with van der Waals surface area (Å²) in [7, 11) is 1.72. The van der Waals surface area contributed by atoms with E-state index >= 15 is 0 Å². The van der Waals surface area contributed by atoms with E-state index in [0.717, 1.165) is 36.9 Å². The van der Waals surface area contributed by atoms with Crippen LogP contribution in [0.2, 0.25) is 0 Å². The van der Waals surface area contributed by atoms with Gasteiger partial charge in [0.25, 0.3) is 0 Å². The molecular weight excluding hydrogens is 272 g/mol. The molecule has 0 unspecified atom stereocenters. The maximum Gasteiger partial charge on any atom is 0.142 e. The van der Waals surface area contributed by atoms with Crippen LogP contribution in [0.5, 0.6) is 5.75 Å². The maximum atomic E-state index is 5.69. The third-order valence-electron chi connectivity index (χ3n) is 3.53. The molecule has 1 fully saturated rings. The highest BCUT2D eigenvalue weighted by Crippen LogP contribution is 2.30. The average Bonchev–Trinajstić information content (AvgIpc) is 2.94. The van der Waals surface area contributed by atoms with Gasteiger partial charge in [-0.15, -0.1) is 0 Å². The third kappa shape index (κ3) is 2.51. The summed E-state index contributed by atoms with van der Waals surface area (Å²) in [6.07, 6.45) is 0. The predicted octanol–water partition coefficient (Wildman–Crippen LogP) is 2.06. The van der Waals surface area contributed by atoms with Crippen molar-refractivity contribution in [3.63, 3.8) is 0 Å². The lowest BCUT2D eigenvalue weighted by atomic mass is 10.2. The highest BCUT2D eigenvalue weighted by molar-refractivity contribution is 7.10. The fourth-order valence-electron chi connectivity index (χ4n) is 2.49. The lowest BCUT2D eigenvalue weighted by molar-refractivity contribution is 0.413. The summed E-state index contributed by atoms with van der Waals surface area (Å²) in [4.78, 5) is 4.69. The first kappa shape index (κ1) is 13.1. The molecule has 2 heterocycles. The molecule has 1 saturated heterocycles. The number of hydrogen-bond donors (Lipinski definition) is 1. The Labute approximate surface area is 122 Å². The second-order valence-electron chi connectivity index (χ2n) is 4.74. The topological polar surface area (TPSA) is 54.6 Å². The fraction of sp³-hybridized carbons (Fsp3) is 0.357. The van der Waals surface area contributed by atoms with Crippen LogP contribution in [-0.4, -0.2) is 37.7 Å². The number of nitrogens with zero attached hydrogens (tertiary/aromatic N) is 3. The molecule has 0 radical (unpaired) electrons. The Kier molecular flexibility index (Phi) is 3.64. The van der Waals surface area contributed by atoms with Gasteiger partial charge < -0.3 is 20.3 Å². The molecule has 106 valence electrons. The molecule has 20 heavy (non-hydrogen) atoms. The van der Waals surface area contributed by atoms with Gasteiger partial charge in [0.2, 0.25) is 0 Å². The van der Waals surface area contributed by atoms with E-state index in [2.05, 4.69) is 20.2 Å². The number of anilines is 3. The van der Waals surface area contributed by atoms with Crippen LogP contribution in [0, 0.1) is 0 Å². The average molecular weight is 290 g/mol. The van der Waals surface area contributed by atoms with E-state index in [1.54, 1.807) is 7.11 Å². The zero-order valence-corrected chi connectivity index (χ0v) is 12.3. The molecule has 1 aromatic carbocycles. The first-order valence-corrected chi connectivity index (χ1v) is 7.40. The molecule has 0 aliphatic carbocycles. The van der Waals surface area contributed by atoms with Crippen molar-refractivity contribution in [3.05, 3.63) is 30.3 Å². The maximum absolute atomic E-state index is 5.69. The Morgan fingerprint density at radius 3 is 2.50 bits per heavy atom. The fourth-order valence-corrected chi connectivity index (χ4v) is 3.21. The van der Waals surface area contributed by atoms with Crippen LogP contribution in [0.4, 0.5) is 16.5 Å². The standard InChI is InChI=1S/C14H18N4OS/c1-19-12-5-3-2-4-11(12)17-6-8-18(9-7-17)14-10-13(15)16-20-14/h2-5,10H,6-9H2,1H3,(H2,15,16). The quantitative estimate of drug-likeness (QED) is 0.937. The van der Waals surface area contributed by atoms with E-state index in [9.17, 15) is 0 Å². The molecule has 5 nitrogen and oxygen atoms in total. The Balaban J connectivity index is 1.69. The number of nitrogens with two attached hydrogens (primary N) is 1. The number of para-hydroxylation sites is 2. The summed E-state index contributed by atoms with van der Waals surface area (Å²) < 4.78 is 9.57. The smallest absolute Gasteiger partial charge is 0.142 e. The number of rotatable bonds is 3. The van der Waals surface area contributed by atoms with Crippen molar-refractivity contribution < 1.29 is 4.74 Å². The van der Waals surface area contributed by atoms with Crippen molar-refractivity contribution in [3.8, 4) is 5.75 Å². The van der Waals surface area contributed by atoms with Gasteiger partial charge in [0.05, 0.1) is 12.8 Å². The molecule has 2 aromatic rings. The van der Waals surface area contributed by atoms with Crippen molar-refractivity contribution in [1.29, 1.82) is 0 Å². The van der Waals surface area contributed by atoms with Crippen LogP contribution in [0.15, 0.2) is 30.3 Å².